The fourth-order valence-corrected chi connectivity index (χ4v) is 4.44. The summed E-state index contributed by atoms with van der Waals surface area (Å²) < 4.78 is 2.48. The summed E-state index contributed by atoms with van der Waals surface area (Å²) >= 11 is 6.52. The van der Waals surface area contributed by atoms with Crippen molar-refractivity contribution in [2.75, 3.05) is 6.54 Å². The molecule has 3 aromatic rings. The topological polar surface area (TPSA) is 75.4 Å². The maximum absolute atomic E-state index is 12.6. The normalized spacial score (nSPS) is 15.6. The summed E-state index contributed by atoms with van der Waals surface area (Å²) in [6.45, 7) is 0.320. The van der Waals surface area contributed by atoms with E-state index in [2.05, 4.69) is 4.98 Å². The molecular weight excluding hydrogens is 406 g/mol. The number of benzene rings is 2. The van der Waals surface area contributed by atoms with Gasteiger partial charge < -0.3 is 5.11 Å². The first-order valence-corrected chi connectivity index (χ1v) is 10.2. The van der Waals surface area contributed by atoms with Crippen LogP contribution >= 0.6 is 24.0 Å². The van der Waals surface area contributed by atoms with Crippen LogP contribution in [-0.2, 0) is 9.59 Å². The van der Waals surface area contributed by atoms with Crippen molar-refractivity contribution in [2.45, 2.75) is 12.8 Å². The van der Waals surface area contributed by atoms with Gasteiger partial charge in [0.15, 0.2) is 0 Å². The zero-order valence-corrected chi connectivity index (χ0v) is 16.9. The molecule has 1 aliphatic rings. The van der Waals surface area contributed by atoms with E-state index in [1.807, 2.05) is 59.2 Å². The van der Waals surface area contributed by atoms with Crippen LogP contribution in [0.5, 0.6) is 0 Å². The quantitative estimate of drug-likeness (QED) is 0.475. The zero-order valence-electron chi connectivity index (χ0n) is 15.3. The van der Waals surface area contributed by atoms with Gasteiger partial charge in [0.25, 0.3) is 5.91 Å². The number of carboxylic acid groups (broad SMARTS) is 1. The Morgan fingerprint density at radius 1 is 1.17 bits per heavy atom. The van der Waals surface area contributed by atoms with Crippen LogP contribution in [-0.4, -0.2) is 42.3 Å². The van der Waals surface area contributed by atoms with Gasteiger partial charge in [-0.05, 0) is 42.3 Å². The van der Waals surface area contributed by atoms with Gasteiger partial charge in [-0.1, -0.05) is 48.2 Å². The van der Waals surface area contributed by atoms with Crippen LogP contribution in [0, 0.1) is 0 Å². The SMILES string of the molecule is O=C(O)CCCN1C(=O)/C(=C/c2ccc(-n3cnc4ccccc43)cc2)SC1=S. The first-order chi connectivity index (χ1) is 14.0. The van der Waals surface area contributed by atoms with E-state index in [9.17, 15) is 9.59 Å². The Kier molecular flexibility index (Phi) is 5.46. The summed E-state index contributed by atoms with van der Waals surface area (Å²) in [7, 11) is 0. The van der Waals surface area contributed by atoms with E-state index in [1.54, 1.807) is 6.33 Å². The van der Waals surface area contributed by atoms with E-state index >= 15 is 0 Å². The summed E-state index contributed by atoms with van der Waals surface area (Å²) in [5.41, 5.74) is 3.84. The second kappa shape index (κ2) is 8.18. The summed E-state index contributed by atoms with van der Waals surface area (Å²) in [4.78, 5) is 29.7. The smallest absolute Gasteiger partial charge is 0.303 e. The number of amides is 1. The van der Waals surface area contributed by atoms with Crippen molar-refractivity contribution in [1.29, 1.82) is 0 Å². The molecule has 0 radical (unpaired) electrons. The van der Waals surface area contributed by atoms with Gasteiger partial charge in [0.05, 0.1) is 15.9 Å². The van der Waals surface area contributed by atoms with Crippen LogP contribution in [0.4, 0.5) is 0 Å². The van der Waals surface area contributed by atoms with Gasteiger partial charge in [0.1, 0.15) is 10.6 Å². The molecule has 0 bridgehead atoms. The number of aliphatic carboxylic acids is 1. The number of thioether (sulfide) groups is 1. The van der Waals surface area contributed by atoms with Gasteiger partial charge in [-0.15, -0.1) is 0 Å². The number of rotatable bonds is 6. The lowest BCUT2D eigenvalue weighted by Crippen LogP contribution is -2.29. The second-order valence-electron chi connectivity index (χ2n) is 6.53. The Morgan fingerprint density at radius 3 is 2.69 bits per heavy atom. The molecule has 4 rings (SSSR count). The van der Waals surface area contributed by atoms with Crippen LogP contribution in [0.1, 0.15) is 18.4 Å². The lowest BCUT2D eigenvalue weighted by atomic mass is 10.2. The monoisotopic (exact) mass is 423 g/mol. The molecule has 29 heavy (non-hydrogen) atoms. The molecule has 0 atom stereocenters. The number of fused-ring (bicyclic) bond motifs is 1. The molecule has 1 N–H and O–H groups in total. The van der Waals surface area contributed by atoms with E-state index in [-0.39, 0.29) is 12.3 Å². The number of para-hydroxylation sites is 2. The molecule has 0 saturated carbocycles. The minimum absolute atomic E-state index is 0.0144. The maximum atomic E-state index is 12.6. The van der Waals surface area contributed by atoms with Crippen LogP contribution < -0.4 is 0 Å². The average Bonchev–Trinajstić information content (AvgIpc) is 3.25. The van der Waals surface area contributed by atoms with Crippen molar-refractivity contribution >= 4 is 57.3 Å². The first kappa shape index (κ1) is 19.4. The highest BCUT2D eigenvalue weighted by molar-refractivity contribution is 8.26. The summed E-state index contributed by atoms with van der Waals surface area (Å²) in [5, 5.41) is 8.76. The molecule has 1 saturated heterocycles. The molecule has 6 nitrogen and oxygen atoms in total. The first-order valence-electron chi connectivity index (χ1n) is 9.02. The maximum Gasteiger partial charge on any atom is 0.303 e. The van der Waals surface area contributed by atoms with E-state index in [0.717, 1.165) is 22.3 Å². The number of thiocarbonyl (C=S) groups is 1. The molecule has 1 aromatic heterocycles. The third-order valence-electron chi connectivity index (χ3n) is 4.57. The van der Waals surface area contributed by atoms with E-state index in [0.29, 0.717) is 22.2 Å². The van der Waals surface area contributed by atoms with Gasteiger partial charge in [-0.25, -0.2) is 4.98 Å². The second-order valence-corrected chi connectivity index (χ2v) is 8.20. The third kappa shape index (κ3) is 4.08. The fraction of sp³-hybridized carbons (Fsp3) is 0.143. The third-order valence-corrected chi connectivity index (χ3v) is 5.95. The average molecular weight is 424 g/mol. The summed E-state index contributed by atoms with van der Waals surface area (Å²) in [6.07, 6.45) is 4.00. The molecule has 1 amide bonds. The minimum atomic E-state index is -0.878. The number of nitrogens with zero attached hydrogens (tertiary/aromatic N) is 3. The van der Waals surface area contributed by atoms with Crippen molar-refractivity contribution < 1.29 is 14.7 Å². The number of aromatic nitrogens is 2. The number of hydrogen-bond acceptors (Lipinski definition) is 5. The van der Waals surface area contributed by atoms with Crippen LogP contribution in [0.25, 0.3) is 22.8 Å². The largest absolute Gasteiger partial charge is 0.481 e. The minimum Gasteiger partial charge on any atom is -0.481 e. The van der Waals surface area contributed by atoms with Gasteiger partial charge in [0.2, 0.25) is 0 Å². The van der Waals surface area contributed by atoms with Crippen molar-refractivity contribution in [3.63, 3.8) is 0 Å². The molecule has 1 aliphatic heterocycles. The molecule has 0 spiro atoms. The molecule has 146 valence electrons. The van der Waals surface area contributed by atoms with Crippen LogP contribution in [0.15, 0.2) is 59.8 Å². The van der Waals surface area contributed by atoms with Gasteiger partial charge in [-0.2, -0.15) is 0 Å². The number of carbonyl (C=O) groups is 2. The Hall–Kier alpha value is -2.97. The highest BCUT2D eigenvalue weighted by atomic mass is 32.2. The van der Waals surface area contributed by atoms with Gasteiger partial charge in [0, 0.05) is 18.7 Å². The van der Waals surface area contributed by atoms with Crippen molar-refractivity contribution in [1.82, 2.24) is 14.5 Å². The number of imidazole rings is 1. The van der Waals surface area contributed by atoms with E-state index < -0.39 is 5.97 Å². The van der Waals surface area contributed by atoms with Gasteiger partial charge in [-0.3, -0.25) is 19.1 Å². The lowest BCUT2D eigenvalue weighted by Gasteiger charge is -2.13. The molecule has 8 heteroatoms. The highest BCUT2D eigenvalue weighted by Crippen LogP contribution is 2.33. The van der Waals surface area contributed by atoms with Gasteiger partial charge >= 0.3 is 5.97 Å². The summed E-state index contributed by atoms with van der Waals surface area (Å²) in [6, 6.07) is 15.8. The van der Waals surface area contributed by atoms with Crippen molar-refractivity contribution in [3.8, 4) is 5.69 Å². The van der Waals surface area contributed by atoms with Crippen molar-refractivity contribution in [3.05, 3.63) is 65.3 Å². The lowest BCUT2D eigenvalue weighted by molar-refractivity contribution is -0.137. The molecule has 0 aliphatic carbocycles. The Bertz CT molecular complexity index is 1140. The molecule has 2 heterocycles. The predicted molar refractivity (Wildman–Crippen MR) is 118 cm³/mol. The molecule has 0 unspecified atom stereocenters. The molecule has 2 aromatic carbocycles. The number of carboxylic acids is 1. The van der Waals surface area contributed by atoms with E-state index in [4.69, 9.17) is 17.3 Å². The van der Waals surface area contributed by atoms with Crippen LogP contribution in [0.3, 0.4) is 0 Å². The Balaban J connectivity index is 1.51. The predicted octanol–water partition coefficient (Wildman–Crippen LogP) is 4.09. The Morgan fingerprint density at radius 2 is 1.93 bits per heavy atom. The molecule has 1 fully saturated rings. The Labute approximate surface area is 176 Å². The fourth-order valence-electron chi connectivity index (χ4n) is 3.13. The highest BCUT2D eigenvalue weighted by Gasteiger charge is 2.31. The van der Waals surface area contributed by atoms with Crippen molar-refractivity contribution in [2.24, 2.45) is 0 Å². The number of hydrogen-bond donors (Lipinski definition) is 1. The van der Waals surface area contributed by atoms with Crippen LogP contribution in [0.2, 0.25) is 0 Å². The molecular formula is C21H17N3O3S2. The number of carbonyl (C=O) groups excluding carboxylic acids is 1. The van der Waals surface area contributed by atoms with E-state index in [1.165, 1.54) is 16.7 Å². The summed E-state index contributed by atoms with van der Waals surface area (Å²) in [5.74, 6) is -1.05. The zero-order chi connectivity index (χ0) is 20.4. The standard InChI is InChI=1S/C21H17N3O3S2/c25-19(26)6-3-11-23-20(27)18(29-21(23)28)12-14-7-9-15(10-8-14)24-13-22-16-4-1-2-5-17(16)24/h1-2,4-5,7-10,12-13H,3,6,11H2,(H,25,26)/b18-12-.